The predicted molar refractivity (Wildman–Crippen MR) is 139 cm³/mol. The Hall–Kier alpha value is -2.28. The molecule has 2 aromatic heterocycles. The van der Waals surface area contributed by atoms with E-state index in [-0.39, 0.29) is 29.7 Å². The number of hydrogen-bond donors (Lipinski definition) is 1. The molecule has 3 heterocycles. The summed E-state index contributed by atoms with van der Waals surface area (Å²) in [6.45, 7) is 7.10. The van der Waals surface area contributed by atoms with Crippen LogP contribution in [0.15, 0.2) is 15.2 Å². The van der Waals surface area contributed by atoms with Crippen molar-refractivity contribution in [3.8, 4) is 0 Å². The molecule has 0 aromatic carbocycles. The minimum Gasteiger partial charge on any atom is -0.466 e. The Morgan fingerprint density at radius 3 is 2.81 bits per heavy atom. The van der Waals surface area contributed by atoms with Gasteiger partial charge >= 0.3 is 11.7 Å². The first-order valence-electron chi connectivity index (χ1n) is 12.5. The summed E-state index contributed by atoms with van der Waals surface area (Å²) in [7, 11) is 0. The van der Waals surface area contributed by atoms with E-state index in [0.717, 1.165) is 76.2 Å². The highest BCUT2D eigenvalue weighted by Crippen LogP contribution is 2.29. The average Bonchev–Trinajstić information content (AvgIpc) is 3.31. The zero-order chi connectivity index (χ0) is 25.3. The van der Waals surface area contributed by atoms with E-state index in [9.17, 15) is 14.4 Å². The largest absolute Gasteiger partial charge is 0.466 e. The van der Waals surface area contributed by atoms with Crippen LogP contribution in [0, 0.1) is 0 Å². The molecule has 1 aliphatic heterocycles. The van der Waals surface area contributed by atoms with E-state index < -0.39 is 0 Å². The van der Waals surface area contributed by atoms with Gasteiger partial charge in [0.25, 0.3) is 0 Å². The summed E-state index contributed by atoms with van der Waals surface area (Å²) < 4.78 is 12.2. The molecule has 4 rings (SSSR count). The Kier molecular flexibility index (Phi) is 9.90. The lowest BCUT2D eigenvalue weighted by Gasteiger charge is -2.27. The number of amides is 1. The molecule has 1 fully saturated rings. The molecule has 196 valence electrons. The second-order valence-electron chi connectivity index (χ2n) is 8.75. The molecule has 1 aliphatic carbocycles. The van der Waals surface area contributed by atoms with Crippen molar-refractivity contribution in [3.05, 3.63) is 32.8 Å². The molecule has 1 N–H and O–H groups in total. The van der Waals surface area contributed by atoms with E-state index in [1.54, 1.807) is 12.3 Å². The molecule has 0 unspecified atom stereocenters. The molecule has 1 saturated heterocycles. The van der Waals surface area contributed by atoms with Crippen molar-refractivity contribution in [1.29, 1.82) is 0 Å². The fourth-order valence-electron chi connectivity index (χ4n) is 4.47. The van der Waals surface area contributed by atoms with Gasteiger partial charge in [-0.2, -0.15) is 4.98 Å². The number of nitrogens with zero attached hydrogens (tertiary/aromatic N) is 4. The number of thiazole rings is 1. The van der Waals surface area contributed by atoms with Crippen LogP contribution in [0.5, 0.6) is 0 Å². The third kappa shape index (κ3) is 7.37. The van der Waals surface area contributed by atoms with Crippen molar-refractivity contribution < 1.29 is 19.1 Å². The summed E-state index contributed by atoms with van der Waals surface area (Å²) in [5, 5.41) is 5.61. The minimum atomic E-state index is -0.345. The number of esters is 1. The summed E-state index contributed by atoms with van der Waals surface area (Å²) in [5.74, 6) is -0.437. The Bertz CT molecular complexity index is 1110. The van der Waals surface area contributed by atoms with E-state index in [1.165, 1.54) is 23.1 Å². The molecule has 0 saturated carbocycles. The van der Waals surface area contributed by atoms with Crippen molar-refractivity contribution in [2.45, 2.75) is 57.0 Å². The highest BCUT2D eigenvalue weighted by molar-refractivity contribution is 8.00. The lowest BCUT2D eigenvalue weighted by molar-refractivity contribution is -0.142. The lowest BCUT2D eigenvalue weighted by atomic mass is 9.97. The van der Waals surface area contributed by atoms with Crippen LogP contribution in [-0.2, 0) is 44.9 Å². The summed E-state index contributed by atoms with van der Waals surface area (Å²) in [6, 6.07) is 0. The van der Waals surface area contributed by atoms with Crippen molar-refractivity contribution >= 4 is 40.1 Å². The van der Waals surface area contributed by atoms with Gasteiger partial charge in [0.2, 0.25) is 5.91 Å². The Morgan fingerprint density at radius 1 is 1.19 bits per heavy atom. The van der Waals surface area contributed by atoms with E-state index in [2.05, 4.69) is 20.2 Å². The molecule has 1 amide bonds. The minimum absolute atomic E-state index is 0.0771. The van der Waals surface area contributed by atoms with Crippen LogP contribution in [0.3, 0.4) is 0 Å². The fourth-order valence-corrected chi connectivity index (χ4v) is 6.07. The Morgan fingerprint density at radius 2 is 2.00 bits per heavy atom. The molecule has 12 heteroatoms. The molecular weight excluding hydrogens is 502 g/mol. The first-order chi connectivity index (χ1) is 17.5. The zero-order valence-electron chi connectivity index (χ0n) is 20.6. The molecule has 0 atom stereocenters. The number of nitrogens with one attached hydrogen (secondary N) is 1. The Balaban J connectivity index is 1.34. The summed E-state index contributed by atoms with van der Waals surface area (Å²) in [4.78, 5) is 48.1. The lowest BCUT2D eigenvalue weighted by Crippen LogP contribution is -2.38. The quantitative estimate of drug-likeness (QED) is 0.262. The topological polar surface area (TPSA) is 116 Å². The van der Waals surface area contributed by atoms with Crippen LogP contribution >= 0.6 is 23.1 Å². The molecule has 36 heavy (non-hydrogen) atoms. The number of carbonyl (C=O) groups excluding carboxylic acids is 2. The van der Waals surface area contributed by atoms with Gasteiger partial charge in [-0.1, -0.05) is 11.8 Å². The van der Waals surface area contributed by atoms with Gasteiger partial charge in [0.15, 0.2) is 5.13 Å². The second kappa shape index (κ2) is 13.3. The third-order valence-corrected chi connectivity index (χ3v) is 8.00. The highest BCUT2D eigenvalue weighted by atomic mass is 32.2. The fraction of sp³-hybridized carbons (Fsp3) is 0.625. The van der Waals surface area contributed by atoms with Crippen molar-refractivity contribution in [2.75, 3.05) is 50.5 Å². The van der Waals surface area contributed by atoms with Crippen LogP contribution < -0.4 is 11.0 Å². The maximum Gasteiger partial charge on any atom is 0.348 e. The maximum atomic E-state index is 12.9. The first kappa shape index (κ1) is 26.8. The van der Waals surface area contributed by atoms with Gasteiger partial charge in [0.1, 0.15) is 5.03 Å². The van der Waals surface area contributed by atoms with Gasteiger partial charge in [-0.25, -0.2) is 9.78 Å². The average molecular weight is 536 g/mol. The number of aromatic nitrogens is 3. The second-order valence-corrected chi connectivity index (χ2v) is 10.6. The molecule has 10 nitrogen and oxygen atoms in total. The SMILES string of the molecule is CCOC(=O)Cc1csc(NC(=O)CSc2nc(=O)n(CCCN3CCOCC3)c3c2CCCC3)n1. The van der Waals surface area contributed by atoms with Gasteiger partial charge < -0.3 is 14.8 Å². The summed E-state index contributed by atoms with van der Waals surface area (Å²) >= 11 is 2.57. The van der Waals surface area contributed by atoms with Crippen LogP contribution in [0.1, 0.15) is 43.1 Å². The smallest absolute Gasteiger partial charge is 0.348 e. The number of rotatable bonds is 11. The maximum absolute atomic E-state index is 12.9. The number of anilines is 1. The van der Waals surface area contributed by atoms with Crippen LogP contribution in [0.4, 0.5) is 5.13 Å². The van der Waals surface area contributed by atoms with Crippen molar-refractivity contribution in [2.24, 2.45) is 0 Å². The van der Waals surface area contributed by atoms with Crippen LogP contribution in [-0.4, -0.2) is 76.5 Å². The van der Waals surface area contributed by atoms with E-state index in [0.29, 0.717) is 29.0 Å². The van der Waals surface area contributed by atoms with Crippen molar-refractivity contribution in [3.63, 3.8) is 0 Å². The molecular formula is C24H33N5O5S2. The molecule has 2 aromatic rings. The van der Waals surface area contributed by atoms with E-state index in [1.807, 2.05) is 4.57 Å². The van der Waals surface area contributed by atoms with Crippen LogP contribution in [0.25, 0.3) is 0 Å². The molecule has 2 aliphatic rings. The summed E-state index contributed by atoms with van der Waals surface area (Å²) in [6.07, 6.45) is 4.83. The molecule has 0 bridgehead atoms. The molecule has 0 spiro atoms. The van der Waals surface area contributed by atoms with Gasteiger partial charge in [-0.05, 0) is 39.0 Å². The summed E-state index contributed by atoms with van der Waals surface area (Å²) in [5.41, 5.74) is 2.52. The molecule has 0 radical (unpaired) electrons. The predicted octanol–water partition coefficient (Wildman–Crippen LogP) is 2.14. The normalized spacial score (nSPS) is 15.9. The zero-order valence-corrected chi connectivity index (χ0v) is 22.3. The number of morpholine rings is 1. The number of hydrogen-bond acceptors (Lipinski definition) is 10. The van der Waals surface area contributed by atoms with Gasteiger partial charge in [-0.3, -0.25) is 19.1 Å². The van der Waals surface area contributed by atoms with E-state index in [4.69, 9.17) is 9.47 Å². The number of fused-ring (bicyclic) bond motifs is 1. The van der Waals surface area contributed by atoms with Crippen LogP contribution in [0.2, 0.25) is 0 Å². The number of thioether (sulfide) groups is 1. The van der Waals surface area contributed by atoms with E-state index >= 15 is 0 Å². The monoisotopic (exact) mass is 535 g/mol. The van der Waals surface area contributed by atoms with Gasteiger partial charge in [0.05, 0.1) is 37.7 Å². The Labute approximate surface area is 218 Å². The van der Waals surface area contributed by atoms with Gasteiger partial charge in [0, 0.05) is 42.8 Å². The van der Waals surface area contributed by atoms with Crippen molar-refractivity contribution in [1.82, 2.24) is 19.4 Å². The first-order valence-corrected chi connectivity index (χ1v) is 14.4. The standard InChI is InChI=1S/C24H33N5O5S2/c1-2-34-21(31)14-17-15-36-23(25-17)26-20(30)16-35-22-18-6-3-4-7-19(18)29(24(32)27-22)9-5-8-28-10-12-33-13-11-28/h15H,2-14,16H2,1H3,(H,25,26,30). The number of ether oxygens (including phenoxy) is 2. The number of carbonyl (C=O) groups is 2. The highest BCUT2D eigenvalue weighted by Gasteiger charge is 2.21. The van der Waals surface area contributed by atoms with Gasteiger partial charge in [-0.15, -0.1) is 11.3 Å². The third-order valence-electron chi connectivity index (χ3n) is 6.18.